The van der Waals surface area contributed by atoms with Gasteiger partial charge in [0.2, 0.25) is 0 Å². The molecule has 0 amide bonds. The maximum absolute atomic E-state index is 11.0. The van der Waals surface area contributed by atoms with Crippen LogP contribution in [-0.4, -0.2) is 7.11 Å². The molecule has 2 aromatic rings. The normalized spacial score (nSPS) is 10.4. The van der Waals surface area contributed by atoms with E-state index in [2.05, 4.69) is 0 Å². The number of nitrogens with two attached hydrogens (primary N) is 1. The van der Waals surface area contributed by atoms with E-state index in [0.717, 1.165) is 5.39 Å². The lowest BCUT2D eigenvalue weighted by Crippen LogP contribution is -1.97. The lowest BCUT2D eigenvalue weighted by molar-refractivity contribution is 0.407. The number of benzene rings is 1. The van der Waals surface area contributed by atoms with Crippen LogP contribution in [0.5, 0.6) is 5.75 Å². The summed E-state index contributed by atoms with van der Waals surface area (Å²) in [7, 11) is 1.50. The van der Waals surface area contributed by atoms with Crippen molar-refractivity contribution in [3.63, 3.8) is 0 Å². The highest BCUT2D eigenvalue weighted by molar-refractivity contribution is 5.85. The predicted octanol–water partition coefficient (Wildman–Crippen LogP) is 1.38. The third-order valence-corrected chi connectivity index (χ3v) is 1.93. The standard InChI is InChI=1S/C10H9NO3/c1-13-8-5-7(11)4-6-2-3-9(12)14-10(6)8/h2-5H,11H2,1H3. The quantitative estimate of drug-likeness (QED) is 0.546. The Morgan fingerprint density at radius 3 is 2.86 bits per heavy atom. The van der Waals surface area contributed by atoms with E-state index in [0.29, 0.717) is 17.0 Å². The van der Waals surface area contributed by atoms with E-state index in [1.807, 2.05) is 0 Å². The molecular formula is C10H9NO3. The van der Waals surface area contributed by atoms with Gasteiger partial charge >= 0.3 is 5.63 Å². The number of rotatable bonds is 1. The Kier molecular flexibility index (Phi) is 1.89. The van der Waals surface area contributed by atoms with Gasteiger partial charge < -0.3 is 14.9 Å². The maximum atomic E-state index is 11.0. The summed E-state index contributed by atoms with van der Waals surface area (Å²) >= 11 is 0. The fraction of sp³-hybridized carbons (Fsp3) is 0.100. The number of fused-ring (bicyclic) bond motifs is 1. The molecule has 0 aliphatic heterocycles. The molecule has 0 bridgehead atoms. The van der Waals surface area contributed by atoms with Crippen LogP contribution in [0.2, 0.25) is 0 Å². The molecule has 0 spiro atoms. The van der Waals surface area contributed by atoms with E-state index in [-0.39, 0.29) is 0 Å². The van der Waals surface area contributed by atoms with E-state index >= 15 is 0 Å². The Morgan fingerprint density at radius 1 is 1.36 bits per heavy atom. The van der Waals surface area contributed by atoms with Crippen molar-refractivity contribution in [2.45, 2.75) is 0 Å². The average molecular weight is 191 g/mol. The van der Waals surface area contributed by atoms with Crippen LogP contribution >= 0.6 is 0 Å². The molecule has 2 N–H and O–H groups in total. The van der Waals surface area contributed by atoms with Crippen molar-refractivity contribution < 1.29 is 9.15 Å². The highest BCUT2D eigenvalue weighted by Gasteiger charge is 2.05. The highest BCUT2D eigenvalue weighted by Crippen LogP contribution is 2.27. The van der Waals surface area contributed by atoms with Crippen molar-refractivity contribution in [1.29, 1.82) is 0 Å². The molecular weight excluding hydrogens is 182 g/mol. The van der Waals surface area contributed by atoms with Crippen LogP contribution in [0.3, 0.4) is 0 Å². The van der Waals surface area contributed by atoms with Crippen LogP contribution in [0.15, 0.2) is 33.5 Å². The van der Waals surface area contributed by atoms with Gasteiger partial charge in [-0.2, -0.15) is 0 Å². The van der Waals surface area contributed by atoms with Gasteiger partial charge in [-0.05, 0) is 12.1 Å². The van der Waals surface area contributed by atoms with Gasteiger partial charge in [0.1, 0.15) is 0 Å². The second-order valence-corrected chi connectivity index (χ2v) is 2.90. The molecule has 72 valence electrons. The van der Waals surface area contributed by atoms with E-state index in [4.69, 9.17) is 14.9 Å². The van der Waals surface area contributed by atoms with Gasteiger partial charge in [0, 0.05) is 23.2 Å². The Bertz CT molecular complexity index is 530. The summed E-state index contributed by atoms with van der Waals surface area (Å²) in [6.45, 7) is 0. The van der Waals surface area contributed by atoms with Crippen LogP contribution in [0.25, 0.3) is 11.0 Å². The molecule has 14 heavy (non-hydrogen) atoms. The summed E-state index contributed by atoms with van der Waals surface area (Å²) in [6.07, 6.45) is 0. The summed E-state index contributed by atoms with van der Waals surface area (Å²) in [5.74, 6) is 0.470. The maximum Gasteiger partial charge on any atom is 0.336 e. The van der Waals surface area contributed by atoms with Crippen molar-refractivity contribution in [2.24, 2.45) is 0 Å². The van der Waals surface area contributed by atoms with E-state index in [9.17, 15) is 4.79 Å². The lowest BCUT2D eigenvalue weighted by Gasteiger charge is -2.04. The Hall–Kier alpha value is -1.97. The summed E-state index contributed by atoms with van der Waals surface area (Å²) in [6, 6.07) is 6.34. The lowest BCUT2D eigenvalue weighted by atomic mass is 10.2. The van der Waals surface area contributed by atoms with Gasteiger partial charge in [0.25, 0.3) is 0 Å². The van der Waals surface area contributed by atoms with Crippen molar-refractivity contribution in [3.8, 4) is 5.75 Å². The molecule has 1 aromatic carbocycles. The summed E-state index contributed by atoms with van der Waals surface area (Å²) in [5, 5.41) is 0.751. The smallest absolute Gasteiger partial charge is 0.336 e. The molecule has 0 unspecified atom stereocenters. The first-order valence-corrected chi connectivity index (χ1v) is 4.08. The first-order valence-electron chi connectivity index (χ1n) is 4.08. The zero-order valence-corrected chi connectivity index (χ0v) is 7.61. The number of hydrogen-bond donors (Lipinski definition) is 1. The molecule has 0 saturated carbocycles. The largest absolute Gasteiger partial charge is 0.493 e. The molecule has 0 fully saturated rings. The van der Waals surface area contributed by atoms with Crippen molar-refractivity contribution in [3.05, 3.63) is 34.7 Å². The monoisotopic (exact) mass is 191 g/mol. The van der Waals surface area contributed by atoms with E-state index < -0.39 is 5.63 Å². The van der Waals surface area contributed by atoms with Gasteiger partial charge in [0.15, 0.2) is 11.3 Å². The van der Waals surface area contributed by atoms with Crippen LogP contribution in [-0.2, 0) is 0 Å². The molecule has 0 aliphatic rings. The second kappa shape index (κ2) is 3.06. The van der Waals surface area contributed by atoms with Gasteiger partial charge in [-0.3, -0.25) is 0 Å². The molecule has 1 heterocycles. The first kappa shape index (κ1) is 8.62. The SMILES string of the molecule is COc1cc(N)cc2ccc(=O)oc12. The zero-order valence-electron chi connectivity index (χ0n) is 7.61. The fourth-order valence-corrected chi connectivity index (χ4v) is 1.32. The molecule has 0 saturated heterocycles. The molecule has 4 nitrogen and oxygen atoms in total. The molecule has 0 radical (unpaired) electrons. The number of ether oxygens (including phenoxy) is 1. The third kappa shape index (κ3) is 1.31. The Balaban J connectivity index is 2.88. The van der Waals surface area contributed by atoms with Gasteiger partial charge in [-0.15, -0.1) is 0 Å². The summed E-state index contributed by atoms with van der Waals surface area (Å²) < 4.78 is 10.1. The van der Waals surface area contributed by atoms with Gasteiger partial charge in [-0.1, -0.05) is 0 Å². The molecule has 2 rings (SSSR count). The van der Waals surface area contributed by atoms with Gasteiger partial charge in [0.05, 0.1) is 7.11 Å². The third-order valence-electron chi connectivity index (χ3n) is 1.93. The van der Waals surface area contributed by atoms with Crippen LogP contribution in [0, 0.1) is 0 Å². The molecule has 4 heteroatoms. The van der Waals surface area contributed by atoms with E-state index in [1.165, 1.54) is 13.2 Å². The Labute approximate surface area is 79.9 Å². The molecule has 0 aliphatic carbocycles. The van der Waals surface area contributed by atoms with Crippen molar-refractivity contribution in [2.75, 3.05) is 12.8 Å². The van der Waals surface area contributed by atoms with Crippen molar-refractivity contribution >= 4 is 16.7 Å². The van der Waals surface area contributed by atoms with Crippen LogP contribution in [0.4, 0.5) is 5.69 Å². The predicted molar refractivity (Wildman–Crippen MR) is 53.4 cm³/mol. The summed E-state index contributed by atoms with van der Waals surface area (Å²) in [5.41, 5.74) is 6.23. The van der Waals surface area contributed by atoms with Crippen molar-refractivity contribution in [1.82, 2.24) is 0 Å². The fourth-order valence-electron chi connectivity index (χ4n) is 1.32. The van der Waals surface area contributed by atoms with Gasteiger partial charge in [-0.25, -0.2) is 4.79 Å². The number of hydrogen-bond acceptors (Lipinski definition) is 4. The number of nitrogen functional groups attached to an aromatic ring is 1. The average Bonchev–Trinajstić information content (AvgIpc) is 2.17. The highest BCUT2D eigenvalue weighted by atomic mass is 16.5. The Morgan fingerprint density at radius 2 is 2.14 bits per heavy atom. The second-order valence-electron chi connectivity index (χ2n) is 2.90. The topological polar surface area (TPSA) is 65.5 Å². The minimum absolute atomic E-state index is 0.402. The van der Waals surface area contributed by atoms with E-state index in [1.54, 1.807) is 18.2 Å². The minimum Gasteiger partial charge on any atom is -0.493 e. The first-order chi connectivity index (χ1) is 6.70. The molecule has 1 aromatic heterocycles. The number of anilines is 1. The molecule has 0 atom stereocenters. The number of methoxy groups -OCH3 is 1. The van der Waals surface area contributed by atoms with Crippen LogP contribution in [0.1, 0.15) is 0 Å². The summed E-state index contributed by atoms with van der Waals surface area (Å²) in [4.78, 5) is 11.0. The minimum atomic E-state index is -0.402. The van der Waals surface area contributed by atoms with Crippen LogP contribution < -0.4 is 16.1 Å². The zero-order chi connectivity index (χ0) is 10.1.